The zero-order valence-corrected chi connectivity index (χ0v) is 10.4. The average Bonchev–Trinajstić information content (AvgIpc) is 2.65. The predicted molar refractivity (Wildman–Crippen MR) is 70.0 cm³/mol. The standard InChI is InChI=1S/C15H17NO2/c1-16-14(17)12-8-7-11(9-13(12)15(16)18)10-5-3-2-4-6-10/h2-6,11,17-18H,7-9H2,1H3/t11-/m0/s1. The minimum absolute atomic E-state index is 0.211. The molecule has 0 bridgehead atoms. The number of hydrogen-bond donors (Lipinski definition) is 2. The highest BCUT2D eigenvalue weighted by Gasteiger charge is 2.28. The van der Waals surface area contributed by atoms with Gasteiger partial charge in [-0.1, -0.05) is 30.3 Å². The SMILES string of the molecule is Cn1c(O)c2c(c1O)C[C@@H](c1ccccc1)CC2. The molecular formula is C15H17NO2. The van der Waals surface area contributed by atoms with Crippen LogP contribution >= 0.6 is 0 Å². The van der Waals surface area contributed by atoms with Crippen molar-refractivity contribution in [2.24, 2.45) is 7.05 Å². The van der Waals surface area contributed by atoms with E-state index in [-0.39, 0.29) is 11.8 Å². The van der Waals surface area contributed by atoms with E-state index in [0.717, 1.165) is 30.4 Å². The molecule has 0 saturated heterocycles. The number of nitrogens with zero attached hydrogens (tertiary/aromatic N) is 1. The van der Waals surface area contributed by atoms with Gasteiger partial charge in [-0.3, -0.25) is 4.57 Å². The molecule has 3 rings (SSSR count). The summed E-state index contributed by atoms with van der Waals surface area (Å²) in [5, 5.41) is 20.0. The third kappa shape index (κ3) is 1.58. The molecule has 0 aliphatic heterocycles. The van der Waals surface area contributed by atoms with E-state index in [9.17, 15) is 10.2 Å². The van der Waals surface area contributed by atoms with Crippen LogP contribution < -0.4 is 0 Å². The van der Waals surface area contributed by atoms with Crippen LogP contribution in [0.3, 0.4) is 0 Å². The summed E-state index contributed by atoms with van der Waals surface area (Å²) in [5.41, 5.74) is 3.14. The van der Waals surface area contributed by atoms with Gasteiger partial charge in [-0.25, -0.2) is 0 Å². The maximum Gasteiger partial charge on any atom is 0.197 e. The van der Waals surface area contributed by atoms with Gasteiger partial charge in [0.2, 0.25) is 0 Å². The number of aromatic nitrogens is 1. The molecule has 3 heteroatoms. The van der Waals surface area contributed by atoms with E-state index in [4.69, 9.17) is 0 Å². The van der Waals surface area contributed by atoms with E-state index in [1.54, 1.807) is 7.05 Å². The smallest absolute Gasteiger partial charge is 0.197 e. The molecular weight excluding hydrogens is 226 g/mol. The van der Waals surface area contributed by atoms with Gasteiger partial charge in [0.15, 0.2) is 11.8 Å². The molecule has 1 atom stereocenters. The van der Waals surface area contributed by atoms with Gasteiger partial charge < -0.3 is 10.2 Å². The summed E-state index contributed by atoms with van der Waals surface area (Å²) in [4.78, 5) is 0. The summed E-state index contributed by atoms with van der Waals surface area (Å²) < 4.78 is 1.47. The third-order valence-corrected chi connectivity index (χ3v) is 4.00. The first kappa shape index (κ1) is 11.2. The summed E-state index contributed by atoms with van der Waals surface area (Å²) in [6.45, 7) is 0. The lowest BCUT2D eigenvalue weighted by Crippen LogP contribution is -2.11. The summed E-state index contributed by atoms with van der Waals surface area (Å²) in [6, 6.07) is 10.4. The first-order valence-corrected chi connectivity index (χ1v) is 6.31. The van der Waals surface area contributed by atoms with Crippen LogP contribution in [0, 0.1) is 0 Å². The van der Waals surface area contributed by atoms with Crippen molar-refractivity contribution in [2.45, 2.75) is 25.2 Å². The Kier molecular flexibility index (Phi) is 2.54. The summed E-state index contributed by atoms with van der Waals surface area (Å²) in [6.07, 6.45) is 2.66. The van der Waals surface area contributed by atoms with E-state index in [2.05, 4.69) is 12.1 Å². The Hall–Kier alpha value is -1.90. The monoisotopic (exact) mass is 243 g/mol. The Labute approximate surface area is 106 Å². The molecule has 0 unspecified atom stereocenters. The van der Waals surface area contributed by atoms with Gasteiger partial charge in [-0.15, -0.1) is 0 Å². The molecule has 1 aromatic heterocycles. The van der Waals surface area contributed by atoms with Crippen molar-refractivity contribution < 1.29 is 10.2 Å². The topological polar surface area (TPSA) is 45.4 Å². The van der Waals surface area contributed by atoms with Crippen LogP contribution in [-0.2, 0) is 19.9 Å². The maximum atomic E-state index is 10.0. The quantitative estimate of drug-likeness (QED) is 0.809. The molecule has 1 heterocycles. The Morgan fingerprint density at radius 3 is 2.44 bits per heavy atom. The van der Waals surface area contributed by atoms with Crippen LogP contribution in [0.2, 0.25) is 0 Å². The van der Waals surface area contributed by atoms with E-state index in [1.807, 2.05) is 18.2 Å². The summed E-state index contributed by atoms with van der Waals surface area (Å²) >= 11 is 0. The first-order chi connectivity index (χ1) is 8.68. The average molecular weight is 243 g/mol. The highest BCUT2D eigenvalue weighted by atomic mass is 16.3. The van der Waals surface area contributed by atoms with Gasteiger partial charge in [0.25, 0.3) is 0 Å². The molecule has 2 aromatic rings. The van der Waals surface area contributed by atoms with Gasteiger partial charge in [0.1, 0.15) is 0 Å². The van der Waals surface area contributed by atoms with Crippen LogP contribution in [0.25, 0.3) is 0 Å². The fraction of sp³-hybridized carbons (Fsp3) is 0.333. The van der Waals surface area contributed by atoms with Crippen molar-refractivity contribution in [3.8, 4) is 11.8 Å². The van der Waals surface area contributed by atoms with Gasteiger partial charge in [-0.2, -0.15) is 0 Å². The minimum atomic E-state index is 0.211. The van der Waals surface area contributed by atoms with Crippen LogP contribution in [-0.4, -0.2) is 14.8 Å². The molecule has 0 spiro atoms. The van der Waals surface area contributed by atoms with E-state index in [1.165, 1.54) is 10.1 Å². The second kappa shape index (κ2) is 4.09. The Morgan fingerprint density at radius 2 is 1.72 bits per heavy atom. The number of benzene rings is 1. The van der Waals surface area contributed by atoms with Gasteiger partial charge in [0.05, 0.1) is 0 Å². The second-order valence-corrected chi connectivity index (χ2v) is 5.01. The van der Waals surface area contributed by atoms with Gasteiger partial charge in [0, 0.05) is 18.2 Å². The van der Waals surface area contributed by atoms with Crippen molar-refractivity contribution in [2.75, 3.05) is 0 Å². The third-order valence-electron chi connectivity index (χ3n) is 4.00. The molecule has 0 amide bonds. The maximum absolute atomic E-state index is 10.0. The number of aromatic hydroxyl groups is 2. The largest absolute Gasteiger partial charge is 0.494 e. The highest BCUT2D eigenvalue weighted by molar-refractivity contribution is 5.48. The normalized spacial score (nSPS) is 18.6. The lowest BCUT2D eigenvalue weighted by Gasteiger charge is -2.22. The van der Waals surface area contributed by atoms with Crippen LogP contribution in [0.15, 0.2) is 30.3 Å². The second-order valence-electron chi connectivity index (χ2n) is 5.01. The van der Waals surface area contributed by atoms with E-state index in [0.29, 0.717) is 5.92 Å². The first-order valence-electron chi connectivity index (χ1n) is 6.31. The van der Waals surface area contributed by atoms with Crippen LogP contribution in [0.1, 0.15) is 29.0 Å². The fourth-order valence-corrected chi connectivity index (χ4v) is 2.93. The van der Waals surface area contributed by atoms with Crippen molar-refractivity contribution in [3.63, 3.8) is 0 Å². The van der Waals surface area contributed by atoms with Gasteiger partial charge >= 0.3 is 0 Å². The molecule has 18 heavy (non-hydrogen) atoms. The van der Waals surface area contributed by atoms with E-state index >= 15 is 0 Å². The van der Waals surface area contributed by atoms with Crippen molar-refractivity contribution in [1.82, 2.24) is 4.57 Å². The highest BCUT2D eigenvalue weighted by Crippen LogP contribution is 2.42. The molecule has 0 radical (unpaired) electrons. The Morgan fingerprint density at radius 1 is 1.06 bits per heavy atom. The number of rotatable bonds is 1. The Balaban J connectivity index is 1.97. The molecule has 1 aromatic carbocycles. The zero-order chi connectivity index (χ0) is 12.7. The molecule has 2 N–H and O–H groups in total. The van der Waals surface area contributed by atoms with Crippen molar-refractivity contribution in [3.05, 3.63) is 47.0 Å². The van der Waals surface area contributed by atoms with Gasteiger partial charge in [-0.05, 0) is 30.7 Å². The number of fused-ring (bicyclic) bond motifs is 1. The summed E-state index contributed by atoms with van der Waals surface area (Å²) in [5.74, 6) is 0.864. The molecule has 1 aliphatic rings. The molecule has 3 nitrogen and oxygen atoms in total. The van der Waals surface area contributed by atoms with Crippen molar-refractivity contribution in [1.29, 1.82) is 0 Å². The van der Waals surface area contributed by atoms with Crippen LogP contribution in [0.4, 0.5) is 0 Å². The summed E-state index contributed by atoms with van der Waals surface area (Å²) in [7, 11) is 1.69. The Bertz CT molecular complexity index is 572. The minimum Gasteiger partial charge on any atom is -0.494 e. The zero-order valence-electron chi connectivity index (χ0n) is 10.4. The lowest BCUT2D eigenvalue weighted by atomic mass is 9.81. The van der Waals surface area contributed by atoms with Crippen LogP contribution in [0.5, 0.6) is 11.8 Å². The molecule has 0 fully saturated rings. The number of hydrogen-bond acceptors (Lipinski definition) is 2. The molecule has 1 aliphatic carbocycles. The molecule has 94 valence electrons. The fourth-order valence-electron chi connectivity index (χ4n) is 2.93. The van der Waals surface area contributed by atoms with E-state index < -0.39 is 0 Å². The lowest BCUT2D eigenvalue weighted by molar-refractivity contribution is 0.384. The van der Waals surface area contributed by atoms with Crippen molar-refractivity contribution >= 4 is 0 Å². The molecule has 0 saturated carbocycles. The predicted octanol–water partition coefficient (Wildman–Crippen LogP) is 2.71.